The van der Waals surface area contributed by atoms with E-state index in [-0.39, 0.29) is 11.9 Å². The van der Waals surface area contributed by atoms with Crippen LogP contribution in [0.15, 0.2) is 36.4 Å². The number of benzene rings is 2. The second kappa shape index (κ2) is 5.45. The van der Waals surface area contributed by atoms with Gasteiger partial charge in [-0.1, -0.05) is 12.1 Å². The van der Waals surface area contributed by atoms with Crippen molar-refractivity contribution < 1.29 is 8.78 Å². The molecule has 4 heteroatoms. The first-order valence-electron chi connectivity index (χ1n) is 7.12. The van der Waals surface area contributed by atoms with E-state index < -0.39 is 5.82 Å². The number of rotatable bonds is 3. The molecule has 21 heavy (non-hydrogen) atoms. The van der Waals surface area contributed by atoms with Crippen molar-refractivity contribution in [2.45, 2.75) is 25.9 Å². The van der Waals surface area contributed by atoms with Crippen molar-refractivity contribution in [1.29, 1.82) is 0 Å². The molecule has 1 aliphatic heterocycles. The highest BCUT2D eigenvalue weighted by Crippen LogP contribution is 2.31. The SMILES string of the molecule is CC(N)c1ccc2c(c1)CCN2Cc1cc(F)ccc1F. The Balaban J connectivity index is 1.86. The molecule has 1 aliphatic rings. The minimum Gasteiger partial charge on any atom is -0.367 e. The standard InChI is InChI=1S/C17H18F2N2/c1-11(20)12-2-5-17-13(8-12)6-7-21(17)10-14-9-15(18)3-4-16(14)19/h2-5,8-9,11H,6-7,10,20H2,1H3. The smallest absolute Gasteiger partial charge is 0.128 e. The summed E-state index contributed by atoms with van der Waals surface area (Å²) < 4.78 is 27.0. The van der Waals surface area contributed by atoms with Crippen LogP contribution < -0.4 is 10.6 Å². The Kier molecular flexibility index (Phi) is 3.64. The second-order valence-electron chi connectivity index (χ2n) is 5.58. The Morgan fingerprint density at radius 2 is 2.00 bits per heavy atom. The maximum absolute atomic E-state index is 13.8. The highest BCUT2D eigenvalue weighted by atomic mass is 19.1. The molecule has 2 nitrogen and oxygen atoms in total. The summed E-state index contributed by atoms with van der Waals surface area (Å²) in [7, 11) is 0. The Morgan fingerprint density at radius 3 is 2.76 bits per heavy atom. The summed E-state index contributed by atoms with van der Waals surface area (Å²) in [5.41, 5.74) is 9.70. The molecule has 1 atom stereocenters. The van der Waals surface area contributed by atoms with Crippen LogP contribution in [0.1, 0.15) is 29.7 Å². The second-order valence-corrected chi connectivity index (χ2v) is 5.58. The number of hydrogen-bond donors (Lipinski definition) is 1. The molecular weight excluding hydrogens is 270 g/mol. The lowest BCUT2D eigenvalue weighted by molar-refractivity contribution is 0.582. The molecule has 2 aromatic carbocycles. The lowest BCUT2D eigenvalue weighted by atomic mass is 10.0. The van der Waals surface area contributed by atoms with Gasteiger partial charge < -0.3 is 10.6 Å². The number of nitrogens with zero attached hydrogens (tertiary/aromatic N) is 1. The minimum atomic E-state index is -0.405. The predicted octanol–water partition coefficient (Wildman–Crippen LogP) is 3.55. The van der Waals surface area contributed by atoms with Crippen molar-refractivity contribution in [3.05, 3.63) is 64.7 Å². The van der Waals surface area contributed by atoms with Gasteiger partial charge in [0.1, 0.15) is 11.6 Å². The lowest BCUT2D eigenvalue weighted by Gasteiger charge is -2.20. The van der Waals surface area contributed by atoms with E-state index >= 15 is 0 Å². The van der Waals surface area contributed by atoms with Crippen molar-refractivity contribution >= 4 is 5.69 Å². The van der Waals surface area contributed by atoms with Gasteiger partial charge in [-0.05, 0) is 48.7 Å². The molecule has 0 aromatic heterocycles. The zero-order chi connectivity index (χ0) is 15.0. The summed E-state index contributed by atoms with van der Waals surface area (Å²) in [5.74, 6) is -0.768. The Morgan fingerprint density at radius 1 is 1.19 bits per heavy atom. The largest absolute Gasteiger partial charge is 0.367 e. The van der Waals surface area contributed by atoms with Crippen molar-refractivity contribution in [1.82, 2.24) is 0 Å². The van der Waals surface area contributed by atoms with Gasteiger partial charge in [0.2, 0.25) is 0 Å². The van der Waals surface area contributed by atoms with Crippen molar-refractivity contribution in [2.75, 3.05) is 11.4 Å². The molecule has 0 amide bonds. The van der Waals surface area contributed by atoms with E-state index in [4.69, 9.17) is 5.73 Å². The van der Waals surface area contributed by atoms with E-state index in [9.17, 15) is 8.78 Å². The van der Waals surface area contributed by atoms with Gasteiger partial charge in [0.15, 0.2) is 0 Å². The zero-order valence-corrected chi connectivity index (χ0v) is 11.9. The van der Waals surface area contributed by atoms with Gasteiger partial charge in [0.05, 0.1) is 0 Å². The molecule has 2 N–H and O–H groups in total. The van der Waals surface area contributed by atoms with Gasteiger partial charge in [0, 0.05) is 30.4 Å². The van der Waals surface area contributed by atoms with Gasteiger partial charge in [-0.3, -0.25) is 0 Å². The van der Waals surface area contributed by atoms with Gasteiger partial charge in [-0.15, -0.1) is 0 Å². The van der Waals surface area contributed by atoms with Crippen molar-refractivity contribution in [3.63, 3.8) is 0 Å². The van der Waals surface area contributed by atoms with E-state index in [2.05, 4.69) is 11.0 Å². The fourth-order valence-corrected chi connectivity index (χ4v) is 2.81. The first-order chi connectivity index (χ1) is 10.0. The molecule has 0 bridgehead atoms. The molecule has 3 rings (SSSR count). The topological polar surface area (TPSA) is 29.3 Å². The summed E-state index contributed by atoms with van der Waals surface area (Å²) in [4.78, 5) is 2.08. The maximum Gasteiger partial charge on any atom is 0.128 e. The highest BCUT2D eigenvalue weighted by Gasteiger charge is 2.21. The fourth-order valence-electron chi connectivity index (χ4n) is 2.81. The van der Waals surface area contributed by atoms with Crippen LogP contribution in [0.4, 0.5) is 14.5 Å². The number of halogens is 2. The molecule has 1 heterocycles. The van der Waals surface area contributed by atoms with Gasteiger partial charge in [0.25, 0.3) is 0 Å². The highest BCUT2D eigenvalue weighted by molar-refractivity contribution is 5.59. The molecule has 0 aliphatic carbocycles. The lowest BCUT2D eigenvalue weighted by Crippen LogP contribution is -2.20. The third kappa shape index (κ3) is 2.76. The average Bonchev–Trinajstić information content (AvgIpc) is 2.85. The summed E-state index contributed by atoms with van der Waals surface area (Å²) in [6.45, 7) is 3.15. The molecule has 2 aromatic rings. The Labute approximate surface area is 123 Å². The molecule has 110 valence electrons. The van der Waals surface area contributed by atoms with E-state index in [0.29, 0.717) is 12.1 Å². The van der Waals surface area contributed by atoms with Crippen LogP contribution in [0.25, 0.3) is 0 Å². The fraction of sp³-hybridized carbons (Fsp3) is 0.294. The van der Waals surface area contributed by atoms with Crippen LogP contribution in [-0.4, -0.2) is 6.54 Å². The summed E-state index contributed by atoms with van der Waals surface area (Å²) >= 11 is 0. The third-order valence-corrected chi connectivity index (χ3v) is 3.99. The number of fused-ring (bicyclic) bond motifs is 1. The first kappa shape index (κ1) is 14.0. The third-order valence-electron chi connectivity index (χ3n) is 3.99. The zero-order valence-electron chi connectivity index (χ0n) is 11.9. The van der Waals surface area contributed by atoms with Crippen LogP contribution in [0.3, 0.4) is 0 Å². The van der Waals surface area contributed by atoms with Crippen LogP contribution >= 0.6 is 0 Å². The minimum absolute atomic E-state index is 0.00464. The predicted molar refractivity (Wildman–Crippen MR) is 80.2 cm³/mol. The molecular formula is C17H18F2N2. The average molecular weight is 288 g/mol. The molecule has 0 saturated carbocycles. The number of nitrogens with two attached hydrogens (primary N) is 1. The monoisotopic (exact) mass is 288 g/mol. The van der Waals surface area contributed by atoms with Gasteiger partial charge in [-0.25, -0.2) is 8.78 Å². The van der Waals surface area contributed by atoms with Crippen LogP contribution in [0, 0.1) is 11.6 Å². The van der Waals surface area contributed by atoms with Crippen LogP contribution in [0.2, 0.25) is 0 Å². The van der Waals surface area contributed by atoms with Crippen LogP contribution in [0.5, 0.6) is 0 Å². The summed E-state index contributed by atoms with van der Waals surface area (Å²) in [6, 6.07) is 9.74. The molecule has 0 radical (unpaired) electrons. The van der Waals surface area contributed by atoms with Crippen molar-refractivity contribution in [2.24, 2.45) is 5.73 Å². The number of anilines is 1. The Hall–Kier alpha value is -1.94. The Bertz CT molecular complexity index is 668. The van der Waals surface area contributed by atoms with E-state index in [1.807, 2.05) is 19.1 Å². The van der Waals surface area contributed by atoms with Gasteiger partial charge in [-0.2, -0.15) is 0 Å². The quantitative estimate of drug-likeness (QED) is 0.936. The first-order valence-corrected chi connectivity index (χ1v) is 7.12. The van der Waals surface area contributed by atoms with E-state index in [1.54, 1.807) is 0 Å². The normalized spacial score (nSPS) is 15.1. The summed E-state index contributed by atoms with van der Waals surface area (Å²) in [5, 5.41) is 0. The van der Waals surface area contributed by atoms with E-state index in [0.717, 1.165) is 30.3 Å². The van der Waals surface area contributed by atoms with Crippen LogP contribution in [-0.2, 0) is 13.0 Å². The molecule has 0 saturated heterocycles. The molecule has 0 spiro atoms. The molecule has 1 unspecified atom stereocenters. The van der Waals surface area contributed by atoms with E-state index in [1.165, 1.54) is 17.7 Å². The molecule has 0 fully saturated rings. The summed E-state index contributed by atoms with van der Waals surface area (Å²) in [6.07, 6.45) is 0.910. The van der Waals surface area contributed by atoms with Gasteiger partial charge >= 0.3 is 0 Å². The number of hydrogen-bond acceptors (Lipinski definition) is 2. The maximum atomic E-state index is 13.8. The van der Waals surface area contributed by atoms with Crippen molar-refractivity contribution in [3.8, 4) is 0 Å².